The maximum atomic E-state index is 13.5. The molecule has 0 radical (unpaired) electrons. The second-order valence-electron chi connectivity index (χ2n) is 10.9. The molecule has 2 fully saturated rings. The van der Waals surface area contributed by atoms with Crippen molar-refractivity contribution >= 4 is 51.7 Å². The molecule has 224 valence electrons. The lowest BCUT2D eigenvalue weighted by atomic mass is 9.98. The number of ether oxygens (including phenoxy) is 1. The Morgan fingerprint density at radius 2 is 1.95 bits per heavy atom. The van der Waals surface area contributed by atoms with Gasteiger partial charge in [0.1, 0.15) is 0 Å². The van der Waals surface area contributed by atoms with Crippen LogP contribution in [-0.2, 0) is 14.3 Å². The molecule has 1 N–H and O–H groups in total. The molecule has 2 aliphatic heterocycles. The number of imidazole rings is 1. The van der Waals surface area contributed by atoms with Gasteiger partial charge in [0.25, 0.3) is 5.91 Å². The molecule has 0 saturated carbocycles. The van der Waals surface area contributed by atoms with E-state index in [1.165, 1.54) is 23.8 Å². The molecule has 0 aliphatic carbocycles. The molecule has 3 aromatic heterocycles. The van der Waals surface area contributed by atoms with E-state index < -0.39 is 0 Å². The van der Waals surface area contributed by atoms with Crippen molar-refractivity contribution in [3.63, 3.8) is 0 Å². The predicted octanol–water partition coefficient (Wildman–Crippen LogP) is 5.13. The normalized spacial score (nSPS) is 17.9. The van der Waals surface area contributed by atoms with Gasteiger partial charge >= 0.3 is 0 Å². The number of amides is 3. The van der Waals surface area contributed by atoms with Crippen LogP contribution in [-0.4, -0.2) is 70.5 Å². The molecule has 11 nitrogen and oxygen atoms in total. The Bertz CT molecular complexity index is 1640. The highest BCUT2D eigenvalue weighted by atomic mass is 32.1. The van der Waals surface area contributed by atoms with E-state index in [4.69, 9.17) is 14.1 Å². The number of carbonyl (C=O) groups is 3. The van der Waals surface area contributed by atoms with Gasteiger partial charge in [-0.2, -0.15) is 0 Å². The lowest BCUT2D eigenvalue weighted by molar-refractivity contribution is -0.126. The average molecular weight is 603 g/mol. The third-order valence-electron chi connectivity index (χ3n) is 8.24. The summed E-state index contributed by atoms with van der Waals surface area (Å²) in [5.74, 6) is 0.663. The van der Waals surface area contributed by atoms with Gasteiger partial charge in [0.2, 0.25) is 17.8 Å². The van der Waals surface area contributed by atoms with Crippen LogP contribution in [0.1, 0.15) is 47.8 Å². The molecule has 4 aromatic rings. The molecule has 12 heteroatoms. The topological polar surface area (TPSA) is 123 Å². The number of anilines is 2. The van der Waals surface area contributed by atoms with Crippen LogP contribution in [0.2, 0.25) is 0 Å². The summed E-state index contributed by atoms with van der Waals surface area (Å²) in [6.07, 6.45) is 8.07. The number of aromatic nitrogens is 3. The van der Waals surface area contributed by atoms with Crippen molar-refractivity contribution in [1.82, 2.24) is 19.4 Å². The third kappa shape index (κ3) is 5.98. The summed E-state index contributed by atoms with van der Waals surface area (Å²) in [6, 6.07) is 9.38. The summed E-state index contributed by atoms with van der Waals surface area (Å²) in [4.78, 5) is 52.7. The molecule has 2 saturated heterocycles. The molecule has 0 unspecified atom stereocenters. The molecule has 1 aromatic carbocycles. The molecular weight excluding hydrogens is 568 g/mol. The van der Waals surface area contributed by atoms with Crippen LogP contribution in [0.5, 0.6) is 0 Å². The molecule has 0 bridgehead atoms. The van der Waals surface area contributed by atoms with Crippen molar-refractivity contribution in [3.8, 4) is 10.6 Å². The number of likely N-dealkylation sites (tertiary alicyclic amines) is 1. The minimum Gasteiger partial charge on any atom is -0.443 e. The second kappa shape index (κ2) is 12.5. The largest absolute Gasteiger partial charge is 0.443 e. The molecule has 5 heterocycles. The minimum atomic E-state index is -0.281. The molecule has 2 aliphatic rings. The molecule has 1 atom stereocenters. The lowest BCUT2D eigenvalue weighted by Crippen LogP contribution is -2.35. The van der Waals surface area contributed by atoms with Crippen molar-refractivity contribution in [1.29, 1.82) is 0 Å². The van der Waals surface area contributed by atoms with Crippen molar-refractivity contribution in [2.75, 3.05) is 43.6 Å². The number of hydrogen-bond acceptors (Lipinski definition) is 8. The monoisotopic (exact) mass is 602 g/mol. The molecule has 43 heavy (non-hydrogen) atoms. The van der Waals surface area contributed by atoms with Gasteiger partial charge in [-0.05, 0) is 68.5 Å². The molecule has 6 rings (SSSR count). The van der Waals surface area contributed by atoms with Gasteiger partial charge in [-0.15, -0.1) is 11.3 Å². The fourth-order valence-electron chi connectivity index (χ4n) is 5.88. The lowest BCUT2D eigenvalue weighted by Gasteiger charge is -2.26. The first-order chi connectivity index (χ1) is 20.9. The highest BCUT2D eigenvalue weighted by Gasteiger charge is 2.28. The first-order valence-electron chi connectivity index (χ1n) is 14.5. The number of oxazole rings is 1. The Morgan fingerprint density at radius 3 is 2.72 bits per heavy atom. The highest BCUT2D eigenvalue weighted by Crippen LogP contribution is 2.34. The standard InChI is InChI=1S/C31H34N6O5S/c1-3-28(38)36-13-4-5-21(10-14-36)37-24-7-6-22(35(2)30(40)20-11-15-41-16-12-20)17-23(24)33-31(37)34-29(39)27-9-8-26(43-27)25-18-32-19-42-25/h3,6-9,17-21H,1,4-5,10-16H2,2H3,(H,33,34,39)/t21-/m1/s1. The zero-order valence-corrected chi connectivity index (χ0v) is 24.8. The number of hydrogen-bond donors (Lipinski definition) is 1. The molecule has 3 amide bonds. The van der Waals surface area contributed by atoms with Crippen LogP contribution in [0, 0.1) is 5.92 Å². The summed E-state index contributed by atoms with van der Waals surface area (Å²) < 4.78 is 12.9. The maximum Gasteiger partial charge on any atom is 0.268 e. The van der Waals surface area contributed by atoms with E-state index in [1.54, 1.807) is 24.2 Å². The van der Waals surface area contributed by atoms with Crippen molar-refractivity contribution in [2.45, 2.75) is 38.1 Å². The third-order valence-corrected chi connectivity index (χ3v) is 9.34. The second-order valence-corrected chi connectivity index (χ2v) is 11.9. The fraction of sp³-hybridized carbons (Fsp3) is 0.387. The number of fused-ring (bicyclic) bond motifs is 1. The maximum absolute atomic E-state index is 13.5. The van der Waals surface area contributed by atoms with Crippen molar-refractivity contribution in [2.24, 2.45) is 5.92 Å². The Labute approximate surface area is 253 Å². The minimum absolute atomic E-state index is 0.00320. The number of nitrogens with one attached hydrogen (secondary N) is 1. The number of carbonyl (C=O) groups excluding carboxylic acids is 3. The van der Waals surface area contributed by atoms with E-state index in [2.05, 4.69) is 21.4 Å². The van der Waals surface area contributed by atoms with Crippen LogP contribution >= 0.6 is 11.3 Å². The van der Waals surface area contributed by atoms with Crippen molar-refractivity contribution in [3.05, 3.63) is 60.5 Å². The van der Waals surface area contributed by atoms with Gasteiger partial charge < -0.3 is 23.5 Å². The van der Waals surface area contributed by atoms with Gasteiger partial charge in [0.05, 0.1) is 27.0 Å². The Morgan fingerprint density at radius 1 is 1.12 bits per heavy atom. The molecule has 0 spiro atoms. The van der Waals surface area contributed by atoms with Crippen molar-refractivity contribution < 1.29 is 23.5 Å². The van der Waals surface area contributed by atoms with Gasteiger partial charge in [-0.1, -0.05) is 6.58 Å². The SMILES string of the molecule is C=CC(=O)N1CCC[C@@H](n2c(NC(=O)c3ccc(-c4cnco4)s3)nc3cc(N(C)C(=O)C4CCOCC4)ccc32)CC1. The Hall–Kier alpha value is -4.29. The first kappa shape index (κ1) is 28.8. The average Bonchev–Trinajstić information content (AvgIpc) is 3.78. The van der Waals surface area contributed by atoms with E-state index in [0.29, 0.717) is 67.7 Å². The number of thiophene rings is 1. The quantitative estimate of drug-likeness (QED) is 0.291. The zero-order chi connectivity index (χ0) is 29.9. The fourth-order valence-corrected chi connectivity index (χ4v) is 6.73. The summed E-state index contributed by atoms with van der Waals surface area (Å²) >= 11 is 1.31. The zero-order valence-electron chi connectivity index (χ0n) is 24.0. The van der Waals surface area contributed by atoms with Gasteiger partial charge in [-0.25, -0.2) is 9.97 Å². The van der Waals surface area contributed by atoms with E-state index in [1.807, 2.05) is 29.2 Å². The van der Waals surface area contributed by atoms with Gasteiger partial charge in [-0.3, -0.25) is 19.7 Å². The van der Waals surface area contributed by atoms with Crippen LogP contribution in [0.25, 0.3) is 21.7 Å². The summed E-state index contributed by atoms with van der Waals surface area (Å²) in [5.41, 5.74) is 2.27. The summed E-state index contributed by atoms with van der Waals surface area (Å²) in [7, 11) is 1.79. The number of benzene rings is 1. The summed E-state index contributed by atoms with van der Waals surface area (Å²) in [6.45, 7) is 6.06. The van der Waals surface area contributed by atoms with Crippen LogP contribution < -0.4 is 10.2 Å². The van der Waals surface area contributed by atoms with E-state index in [9.17, 15) is 14.4 Å². The van der Waals surface area contributed by atoms with E-state index >= 15 is 0 Å². The highest BCUT2D eigenvalue weighted by molar-refractivity contribution is 7.17. The Balaban J connectivity index is 1.32. The van der Waals surface area contributed by atoms with Crippen LogP contribution in [0.3, 0.4) is 0 Å². The molecular formula is C31H34N6O5S. The predicted molar refractivity (Wildman–Crippen MR) is 164 cm³/mol. The van der Waals surface area contributed by atoms with Crippen LogP contribution in [0.4, 0.5) is 11.6 Å². The number of nitrogens with zero attached hydrogens (tertiary/aromatic N) is 5. The van der Waals surface area contributed by atoms with Crippen LogP contribution in [0.15, 0.2) is 60.0 Å². The van der Waals surface area contributed by atoms with Gasteiger partial charge in [0, 0.05) is 51.0 Å². The number of rotatable bonds is 7. The smallest absolute Gasteiger partial charge is 0.268 e. The van der Waals surface area contributed by atoms with E-state index in [-0.39, 0.29) is 29.7 Å². The summed E-state index contributed by atoms with van der Waals surface area (Å²) in [5, 5.41) is 3.05. The first-order valence-corrected chi connectivity index (χ1v) is 15.3. The Kier molecular flexibility index (Phi) is 8.39. The van der Waals surface area contributed by atoms with E-state index in [0.717, 1.165) is 28.9 Å². The van der Waals surface area contributed by atoms with Gasteiger partial charge in [0.15, 0.2) is 12.2 Å².